The van der Waals surface area contributed by atoms with Crippen LogP contribution in [0, 0.1) is 13.8 Å². The van der Waals surface area contributed by atoms with Crippen molar-refractivity contribution in [3.8, 4) is 0 Å². The van der Waals surface area contributed by atoms with E-state index in [0.717, 1.165) is 13.1 Å². The summed E-state index contributed by atoms with van der Waals surface area (Å²) in [6, 6.07) is 6.34. The molecule has 1 aliphatic heterocycles. The highest BCUT2D eigenvalue weighted by molar-refractivity contribution is 6.62. The minimum Gasteiger partial charge on any atom is -0.368 e. The van der Waals surface area contributed by atoms with Crippen molar-refractivity contribution in [2.45, 2.75) is 13.8 Å². The number of rotatable bonds is 1. The van der Waals surface area contributed by atoms with Crippen LogP contribution in [0.2, 0.25) is 0 Å². The summed E-state index contributed by atoms with van der Waals surface area (Å²) in [4.78, 5) is 15.0. The number of aryl methyl sites for hydroxylation is 1. The highest BCUT2D eigenvalue weighted by atomic mass is 35.5. The van der Waals surface area contributed by atoms with Crippen molar-refractivity contribution in [2.24, 2.45) is 0 Å². The number of hydrogen-bond donors (Lipinski definition) is 0. The van der Waals surface area contributed by atoms with Gasteiger partial charge in [-0.15, -0.1) is 0 Å². The van der Waals surface area contributed by atoms with E-state index < -0.39 is 0 Å². The second kappa shape index (κ2) is 4.96. The zero-order chi connectivity index (χ0) is 12.4. The molecule has 1 aliphatic rings. The van der Waals surface area contributed by atoms with E-state index in [0.29, 0.717) is 13.1 Å². The van der Waals surface area contributed by atoms with Gasteiger partial charge in [0.05, 0.1) is 0 Å². The summed E-state index contributed by atoms with van der Waals surface area (Å²) in [6.07, 6.45) is 0. The average Bonchev–Trinajstić information content (AvgIpc) is 2.33. The number of piperazine rings is 1. The van der Waals surface area contributed by atoms with Crippen LogP contribution in [0.25, 0.3) is 0 Å². The Kier molecular flexibility index (Phi) is 3.57. The summed E-state index contributed by atoms with van der Waals surface area (Å²) in [5.74, 6) is 0. The van der Waals surface area contributed by atoms with Crippen molar-refractivity contribution in [1.29, 1.82) is 0 Å². The van der Waals surface area contributed by atoms with Crippen LogP contribution in [-0.2, 0) is 0 Å². The van der Waals surface area contributed by atoms with Crippen molar-refractivity contribution < 1.29 is 4.79 Å². The van der Waals surface area contributed by atoms with Gasteiger partial charge in [0.1, 0.15) is 0 Å². The first-order valence-corrected chi connectivity index (χ1v) is 6.23. The first-order chi connectivity index (χ1) is 8.09. The molecular formula is C13H17ClN2O. The number of carbonyl (C=O) groups is 1. The maximum absolute atomic E-state index is 11.0. The fourth-order valence-electron chi connectivity index (χ4n) is 2.20. The Bertz CT molecular complexity index is 425. The third kappa shape index (κ3) is 2.55. The van der Waals surface area contributed by atoms with Crippen molar-refractivity contribution in [3.63, 3.8) is 0 Å². The predicted molar refractivity (Wildman–Crippen MR) is 71.0 cm³/mol. The summed E-state index contributed by atoms with van der Waals surface area (Å²) < 4.78 is 0. The van der Waals surface area contributed by atoms with Gasteiger partial charge in [-0.1, -0.05) is 12.1 Å². The first kappa shape index (κ1) is 12.2. The first-order valence-electron chi connectivity index (χ1n) is 5.85. The molecule has 0 bridgehead atoms. The minimum absolute atomic E-state index is 0.342. The van der Waals surface area contributed by atoms with E-state index in [9.17, 15) is 4.79 Å². The molecule has 1 saturated heterocycles. The number of benzene rings is 1. The molecule has 0 spiro atoms. The maximum Gasteiger partial charge on any atom is 0.316 e. The van der Waals surface area contributed by atoms with Gasteiger partial charge in [0.15, 0.2) is 0 Å². The quantitative estimate of drug-likeness (QED) is 0.567. The van der Waals surface area contributed by atoms with Crippen molar-refractivity contribution in [2.75, 3.05) is 31.1 Å². The molecule has 0 aromatic heterocycles. The van der Waals surface area contributed by atoms with Gasteiger partial charge in [-0.05, 0) is 42.6 Å². The topological polar surface area (TPSA) is 23.6 Å². The molecule has 92 valence electrons. The predicted octanol–water partition coefficient (Wildman–Crippen LogP) is 2.78. The third-order valence-electron chi connectivity index (χ3n) is 3.45. The number of hydrogen-bond acceptors (Lipinski definition) is 2. The van der Waals surface area contributed by atoms with E-state index in [2.05, 4.69) is 36.9 Å². The highest BCUT2D eigenvalue weighted by Crippen LogP contribution is 2.23. The molecule has 0 radical (unpaired) electrons. The molecule has 2 rings (SSSR count). The molecule has 0 saturated carbocycles. The van der Waals surface area contributed by atoms with Gasteiger partial charge >= 0.3 is 5.37 Å². The van der Waals surface area contributed by atoms with Gasteiger partial charge in [-0.25, -0.2) is 0 Å². The van der Waals surface area contributed by atoms with Crippen LogP contribution in [0.5, 0.6) is 0 Å². The molecule has 1 aromatic carbocycles. The molecule has 1 aromatic rings. The van der Waals surface area contributed by atoms with E-state index >= 15 is 0 Å². The zero-order valence-electron chi connectivity index (χ0n) is 10.2. The van der Waals surface area contributed by atoms with Crippen LogP contribution in [0.15, 0.2) is 18.2 Å². The number of halogens is 1. The molecule has 4 heteroatoms. The lowest BCUT2D eigenvalue weighted by Crippen LogP contribution is -2.47. The number of carbonyl (C=O) groups excluding carboxylic acids is 1. The van der Waals surface area contributed by atoms with E-state index in [1.807, 2.05) is 0 Å². The van der Waals surface area contributed by atoms with Crippen LogP contribution < -0.4 is 4.90 Å². The lowest BCUT2D eigenvalue weighted by atomic mass is 10.1. The van der Waals surface area contributed by atoms with Crippen LogP contribution in [0.1, 0.15) is 11.1 Å². The molecule has 1 amide bonds. The molecule has 0 N–H and O–H groups in total. The highest BCUT2D eigenvalue weighted by Gasteiger charge is 2.20. The van der Waals surface area contributed by atoms with E-state index in [1.54, 1.807) is 4.90 Å². The Morgan fingerprint density at radius 2 is 1.82 bits per heavy atom. The normalized spacial score (nSPS) is 16.2. The lowest BCUT2D eigenvalue weighted by Gasteiger charge is -2.36. The molecule has 1 heterocycles. The summed E-state index contributed by atoms with van der Waals surface area (Å²) in [7, 11) is 0. The van der Waals surface area contributed by atoms with Crippen molar-refractivity contribution in [3.05, 3.63) is 29.3 Å². The van der Waals surface area contributed by atoms with E-state index in [1.165, 1.54) is 16.8 Å². The van der Waals surface area contributed by atoms with Crippen molar-refractivity contribution >= 4 is 22.7 Å². The summed E-state index contributed by atoms with van der Waals surface area (Å²) in [6.45, 7) is 7.37. The Morgan fingerprint density at radius 1 is 1.18 bits per heavy atom. The molecule has 0 unspecified atom stereocenters. The van der Waals surface area contributed by atoms with Gasteiger partial charge < -0.3 is 9.80 Å². The Morgan fingerprint density at radius 3 is 2.41 bits per heavy atom. The maximum atomic E-state index is 11.0. The summed E-state index contributed by atoms with van der Waals surface area (Å²) in [5.41, 5.74) is 3.89. The van der Waals surface area contributed by atoms with Crippen LogP contribution in [-0.4, -0.2) is 36.4 Å². The summed E-state index contributed by atoms with van der Waals surface area (Å²) in [5, 5.41) is -0.342. The van der Waals surface area contributed by atoms with Gasteiger partial charge in [-0.2, -0.15) is 0 Å². The fourth-order valence-corrected chi connectivity index (χ4v) is 2.37. The molecule has 1 fully saturated rings. The molecule has 3 nitrogen and oxygen atoms in total. The smallest absolute Gasteiger partial charge is 0.316 e. The second-order valence-corrected chi connectivity index (χ2v) is 4.77. The van der Waals surface area contributed by atoms with Crippen LogP contribution in [0.3, 0.4) is 0 Å². The van der Waals surface area contributed by atoms with Crippen LogP contribution in [0.4, 0.5) is 10.5 Å². The molecule has 17 heavy (non-hydrogen) atoms. The van der Waals surface area contributed by atoms with Crippen molar-refractivity contribution in [1.82, 2.24) is 4.90 Å². The lowest BCUT2D eigenvalue weighted by molar-refractivity contribution is 0.218. The molecule has 0 aliphatic carbocycles. The summed E-state index contributed by atoms with van der Waals surface area (Å²) >= 11 is 5.48. The Labute approximate surface area is 107 Å². The molecular weight excluding hydrogens is 236 g/mol. The number of amides is 1. The van der Waals surface area contributed by atoms with Gasteiger partial charge in [-0.3, -0.25) is 4.79 Å². The Balaban J connectivity index is 2.10. The zero-order valence-corrected chi connectivity index (χ0v) is 11.0. The molecule has 0 atom stereocenters. The third-order valence-corrected chi connectivity index (χ3v) is 3.68. The van der Waals surface area contributed by atoms with Crippen LogP contribution >= 0.6 is 11.6 Å². The second-order valence-electron chi connectivity index (χ2n) is 4.45. The van der Waals surface area contributed by atoms with Gasteiger partial charge in [0.25, 0.3) is 0 Å². The monoisotopic (exact) mass is 252 g/mol. The van der Waals surface area contributed by atoms with E-state index in [-0.39, 0.29) is 5.37 Å². The van der Waals surface area contributed by atoms with Gasteiger partial charge in [0, 0.05) is 31.9 Å². The van der Waals surface area contributed by atoms with Gasteiger partial charge in [0.2, 0.25) is 0 Å². The Hall–Kier alpha value is -1.22. The average molecular weight is 253 g/mol. The number of nitrogens with zero attached hydrogens (tertiary/aromatic N) is 2. The fraction of sp³-hybridized carbons (Fsp3) is 0.462. The SMILES string of the molecule is Cc1cccc(N2CCN(C(=O)Cl)CC2)c1C. The largest absolute Gasteiger partial charge is 0.368 e. The van der Waals surface area contributed by atoms with E-state index in [4.69, 9.17) is 11.6 Å². The minimum atomic E-state index is -0.342. The standard InChI is InChI=1S/C13H17ClN2O/c1-10-4-3-5-12(11(10)2)15-6-8-16(9-7-15)13(14)17/h3-5H,6-9H2,1-2H3. The number of anilines is 1.